The number of benzene rings is 2. The molecule has 1 aromatic heterocycles. The van der Waals surface area contributed by atoms with Gasteiger partial charge in [0, 0.05) is 24.1 Å². The minimum Gasteiger partial charge on any atom is -0.441 e. The summed E-state index contributed by atoms with van der Waals surface area (Å²) in [6, 6.07) is 14.4. The van der Waals surface area contributed by atoms with Gasteiger partial charge in [0.2, 0.25) is 5.91 Å². The van der Waals surface area contributed by atoms with Crippen molar-refractivity contribution in [2.75, 3.05) is 5.32 Å². The molecule has 0 spiro atoms. The van der Waals surface area contributed by atoms with E-state index in [-0.39, 0.29) is 18.1 Å². The van der Waals surface area contributed by atoms with Gasteiger partial charge in [-0.2, -0.15) is 0 Å². The van der Waals surface area contributed by atoms with Crippen molar-refractivity contribution in [1.82, 2.24) is 4.98 Å². The lowest BCUT2D eigenvalue weighted by Crippen LogP contribution is -2.17. The maximum atomic E-state index is 12.1. The van der Waals surface area contributed by atoms with Crippen molar-refractivity contribution in [3.8, 4) is 17.1 Å². The summed E-state index contributed by atoms with van der Waals surface area (Å²) >= 11 is 0. The number of alkyl halides is 3. The van der Waals surface area contributed by atoms with E-state index in [0.717, 1.165) is 17.7 Å². The van der Waals surface area contributed by atoms with Crippen LogP contribution >= 0.6 is 0 Å². The van der Waals surface area contributed by atoms with Crippen LogP contribution in [0, 0.1) is 0 Å². The number of amides is 1. The minimum absolute atomic E-state index is 0.121. The summed E-state index contributed by atoms with van der Waals surface area (Å²) in [7, 11) is 0. The molecule has 5 nitrogen and oxygen atoms in total. The summed E-state index contributed by atoms with van der Waals surface area (Å²) in [6.07, 6.45) is -2.73. The number of hydrogen-bond donors (Lipinski definition) is 1. The van der Waals surface area contributed by atoms with Gasteiger partial charge in [-0.25, -0.2) is 4.98 Å². The van der Waals surface area contributed by atoms with Crippen molar-refractivity contribution in [2.45, 2.75) is 19.2 Å². The van der Waals surface area contributed by atoms with Crippen molar-refractivity contribution < 1.29 is 27.1 Å². The molecule has 3 aromatic rings. The van der Waals surface area contributed by atoms with Crippen molar-refractivity contribution in [3.05, 3.63) is 66.7 Å². The first kappa shape index (κ1) is 18.5. The number of ether oxygens (including phenoxy) is 1. The number of carbonyl (C=O) groups excluding carboxylic acids is 1. The highest BCUT2D eigenvalue weighted by atomic mass is 19.4. The van der Waals surface area contributed by atoms with Crippen molar-refractivity contribution in [1.29, 1.82) is 0 Å². The van der Waals surface area contributed by atoms with Crippen molar-refractivity contribution in [3.63, 3.8) is 0 Å². The van der Waals surface area contributed by atoms with E-state index in [4.69, 9.17) is 4.42 Å². The molecule has 0 aliphatic rings. The Hall–Kier alpha value is -3.29. The Morgan fingerprint density at radius 3 is 2.44 bits per heavy atom. The van der Waals surface area contributed by atoms with Gasteiger partial charge in [-0.3, -0.25) is 4.79 Å². The van der Waals surface area contributed by atoms with Gasteiger partial charge in [-0.15, -0.1) is 13.2 Å². The molecule has 8 heteroatoms. The van der Waals surface area contributed by atoms with Crippen LogP contribution in [0.15, 0.2) is 65.2 Å². The van der Waals surface area contributed by atoms with Crippen LogP contribution in [0.2, 0.25) is 0 Å². The monoisotopic (exact) mass is 376 g/mol. The van der Waals surface area contributed by atoms with E-state index < -0.39 is 6.36 Å². The number of nitrogens with one attached hydrogen (secondary N) is 1. The molecule has 0 atom stereocenters. The van der Waals surface area contributed by atoms with Gasteiger partial charge in [0.1, 0.15) is 5.75 Å². The Morgan fingerprint density at radius 2 is 1.78 bits per heavy atom. The summed E-state index contributed by atoms with van der Waals surface area (Å²) in [5, 5.41) is 2.60. The molecule has 0 radical (unpaired) electrons. The fraction of sp³-hybridized carbons (Fsp3) is 0.158. The van der Waals surface area contributed by atoms with Crippen LogP contribution in [-0.2, 0) is 11.2 Å². The smallest absolute Gasteiger partial charge is 0.441 e. The zero-order valence-electron chi connectivity index (χ0n) is 14.0. The number of anilines is 1. The Balaban J connectivity index is 1.51. The molecule has 27 heavy (non-hydrogen) atoms. The maximum absolute atomic E-state index is 12.1. The molecule has 0 fully saturated rings. The highest BCUT2D eigenvalue weighted by Gasteiger charge is 2.30. The average molecular weight is 376 g/mol. The molecule has 0 unspecified atom stereocenters. The summed E-state index contributed by atoms with van der Waals surface area (Å²) < 4.78 is 45.7. The van der Waals surface area contributed by atoms with E-state index in [1.807, 2.05) is 30.3 Å². The molecule has 0 bridgehead atoms. The molecule has 0 aliphatic carbocycles. The standard InChI is InChI=1S/C19H15F3N2O3/c20-19(21,22)27-15-8-6-14(7-9-15)24-17(25)10-11-18-23-12-16(26-18)13-4-2-1-3-5-13/h1-9,12H,10-11H2,(H,24,25). The molecule has 1 N–H and O–H groups in total. The summed E-state index contributed by atoms with van der Waals surface area (Å²) in [5.74, 6) is 0.386. The maximum Gasteiger partial charge on any atom is 0.573 e. The lowest BCUT2D eigenvalue weighted by Gasteiger charge is -2.09. The first-order valence-electron chi connectivity index (χ1n) is 8.05. The molecule has 0 aliphatic heterocycles. The van der Waals surface area contributed by atoms with Gasteiger partial charge < -0.3 is 14.5 Å². The second-order valence-electron chi connectivity index (χ2n) is 5.60. The zero-order valence-corrected chi connectivity index (χ0v) is 14.0. The molecule has 0 saturated carbocycles. The second-order valence-corrected chi connectivity index (χ2v) is 5.60. The predicted molar refractivity (Wildman–Crippen MR) is 92.0 cm³/mol. The highest BCUT2D eigenvalue weighted by molar-refractivity contribution is 5.90. The minimum atomic E-state index is -4.75. The summed E-state index contributed by atoms with van der Waals surface area (Å²) in [5.41, 5.74) is 1.26. The Bertz CT molecular complexity index is 891. The van der Waals surface area contributed by atoms with Crippen LogP contribution in [0.25, 0.3) is 11.3 Å². The number of aryl methyl sites for hydroxylation is 1. The molecule has 3 rings (SSSR count). The third-order valence-corrected chi connectivity index (χ3v) is 3.55. The Kier molecular flexibility index (Phi) is 5.44. The Morgan fingerprint density at radius 1 is 1.07 bits per heavy atom. The quantitative estimate of drug-likeness (QED) is 0.670. The molecule has 1 heterocycles. The van der Waals surface area contributed by atoms with E-state index in [2.05, 4.69) is 15.0 Å². The van der Waals surface area contributed by atoms with Crippen molar-refractivity contribution in [2.24, 2.45) is 0 Å². The number of halogens is 3. The molecule has 0 saturated heterocycles. The molecule has 140 valence electrons. The summed E-state index contributed by atoms with van der Waals surface area (Å²) in [4.78, 5) is 16.1. The second kappa shape index (κ2) is 7.94. The SMILES string of the molecule is O=C(CCc1ncc(-c2ccccc2)o1)Nc1ccc(OC(F)(F)F)cc1. The van der Waals surface area contributed by atoms with Gasteiger partial charge in [0.15, 0.2) is 11.7 Å². The number of rotatable bonds is 6. The van der Waals surface area contributed by atoms with Crippen LogP contribution in [0.4, 0.5) is 18.9 Å². The molecule has 2 aromatic carbocycles. The van der Waals surface area contributed by atoms with E-state index in [9.17, 15) is 18.0 Å². The third-order valence-electron chi connectivity index (χ3n) is 3.55. The lowest BCUT2D eigenvalue weighted by molar-refractivity contribution is -0.274. The van der Waals surface area contributed by atoms with Gasteiger partial charge in [0.25, 0.3) is 0 Å². The predicted octanol–water partition coefficient (Wildman–Crippen LogP) is 4.81. The fourth-order valence-corrected chi connectivity index (χ4v) is 2.35. The first-order chi connectivity index (χ1) is 12.9. The average Bonchev–Trinajstić information content (AvgIpc) is 3.10. The first-order valence-corrected chi connectivity index (χ1v) is 8.05. The van der Waals surface area contributed by atoms with E-state index >= 15 is 0 Å². The topological polar surface area (TPSA) is 64.4 Å². The zero-order chi connectivity index (χ0) is 19.3. The van der Waals surface area contributed by atoms with E-state index in [1.54, 1.807) is 6.20 Å². The fourth-order valence-electron chi connectivity index (χ4n) is 2.35. The number of hydrogen-bond acceptors (Lipinski definition) is 4. The summed E-state index contributed by atoms with van der Waals surface area (Å²) in [6.45, 7) is 0. The molecular formula is C19H15F3N2O3. The number of nitrogens with zero attached hydrogens (tertiary/aromatic N) is 1. The molecule has 1 amide bonds. The van der Waals surface area contributed by atoms with Gasteiger partial charge in [-0.05, 0) is 24.3 Å². The van der Waals surface area contributed by atoms with Gasteiger partial charge in [-0.1, -0.05) is 30.3 Å². The van der Waals surface area contributed by atoms with Crippen molar-refractivity contribution >= 4 is 11.6 Å². The third kappa shape index (κ3) is 5.60. The van der Waals surface area contributed by atoms with E-state index in [1.165, 1.54) is 12.1 Å². The van der Waals surface area contributed by atoms with Crippen LogP contribution in [0.3, 0.4) is 0 Å². The molecular weight excluding hydrogens is 361 g/mol. The van der Waals surface area contributed by atoms with Gasteiger partial charge >= 0.3 is 6.36 Å². The lowest BCUT2D eigenvalue weighted by atomic mass is 10.2. The number of aromatic nitrogens is 1. The Labute approximate surface area is 152 Å². The number of oxazole rings is 1. The van der Waals surface area contributed by atoms with Crippen LogP contribution in [0.1, 0.15) is 12.3 Å². The highest BCUT2D eigenvalue weighted by Crippen LogP contribution is 2.24. The van der Waals surface area contributed by atoms with Crippen LogP contribution < -0.4 is 10.1 Å². The normalized spacial score (nSPS) is 11.2. The van der Waals surface area contributed by atoms with Crippen LogP contribution in [-0.4, -0.2) is 17.3 Å². The largest absolute Gasteiger partial charge is 0.573 e. The van der Waals surface area contributed by atoms with E-state index in [0.29, 0.717) is 23.8 Å². The van der Waals surface area contributed by atoms with Crippen LogP contribution in [0.5, 0.6) is 5.75 Å². The number of carbonyl (C=O) groups is 1. The van der Waals surface area contributed by atoms with Gasteiger partial charge in [0.05, 0.1) is 6.20 Å².